The third kappa shape index (κ3) is 3.46. The van der Waals surface area contributed by atoms with Crippen LogP contribution in [0.4, 0.5) is 5.82 Å². The Hall–Kier alpha value is -2.54. The first-order chi connectivity index (χ1) is 12.0. The van der Waals surface area contributed by atoms with Gasteiger partial charge in [-0.1, -0.05) is 19.1 Å². The minimum atomic E-state index is -0.399. The lowest BCUT2D eigenvalue weighted by Gasteiger charge is -2.34. The molecule has 0 bridgehead atoms. The topological polar surface area (TPSA) is 79.4 Å². The van der Waals surface area contributed by atoms with E-state index in [2.05, 4.69) is 29.0 Å². The molecule has 0 fully saturated rings. The highest BCUT2D eigenvalue weighted by atomic mass is 16.5. The van der Waals surface area contributed by atoms with E-state index in [0.29, 0.717) is 37.2 Å². The second kappa shape index (κ2) is 7.14. The quantitative estimate of drug-likeness (QED) is 0.861. The molecule has 1 aliphatic heterocycles. The summed E-state index contributed by atoms with van der Waals surface area (Å²) in [5.74, 6) is 1.38. The zero-order valence-electron chi connectivity index (χ0n) is 14.8. The van der Waals surface area contributed by atoms with E-state index in [1.165, 1.54) is 0 Å². The van der Waals surface area contributed by atoms with Crippen molar-refractivity contribution in [1.29, 1.82) is 0 Å². The van der Waals surface area contributed by atoms with Crippen molar-refractivity contribution in [2.24, 2.45) is 0 Å². The van der Waals surface area contributed by atoms with E-state index in [4.69, 9.17) is 4.74 Å². The molecule has 7 nitrogen and oxygen atoms in total. The summed E-state index contributed by atoms with van der Waals surface area (Å²) in [7, 11) is 1.62. The first kappa shape index (κ1) is 17.3. The Labute approximate surface area is 146 Å². The molecule has 134 valence electrons. The van der Waals surface area contributed by atoms with E-state index < -0.39 is 5.69 Å². The number of hydrogen-bond donors (Lipinski definition) is 2. The summed E-state index contributed by atoms with van der Waals surface area (Å²) < 4.78 is 6.75. The minimum absolute atomic E-state index is 0.313. The van der Waals surface area contributed by atoms with Crippen LogP contribution in [-0.4, -0.2) is 34.3 Å². The van der Waals surface area contributed by atoms with E-state index in [0.717, 1.165) is 17.7 Å². The zero-order chi connectivity index (χ0) is 18.0. The average molecular weight is 344 g/mol. The Morgan fingerprint density at radius 2 is 1.96 bits per heavy atom. The van der Waals surface area contributed by atoms with Crippen LogP contribution in [0.25, 0.3) is 0 Å². The van der Waals surface area contributed by atoms with Crippen molar-refractivity contribution in [3.63, 3.8) is 0 Å². The average Bonchev–Trinajstić information content (AvgIpc) is 2.64. The van der Waals surface area contributed by atoms with Gasteiger partial charge in [-0.2, -0.15) is 0 Å². The van der Waals surface area contributed by atoms with Crippen molar-refractivity contribution in [1.82, 2.24) is 14.5 Å². The molecule has 0 saturated heterocycles. The largest absolute Gasteiger partial charge is 0.497 e. The number of H-pyrrole nitrogens is 1. The lowest BCUT2D eigenvalue weighted by Crippen LogP contribution is -2.46. The fourth-order valence-electron chi connectivity index (χ4n) is 3.03. The molecule has 0 unspecified atom stereocenters. The van der Waals surface area contributed by atoms with E-state index in [9.17, 15) is 9.59 Å². The highest BCUT2D eigenvalue weighted by Crippen LogP contribution is 2.21. The monoisotopic (exact) mass is 344 g/mol. The van der Waals surface area contributed by atoms with E-state index in [1.54, 1.807) is 11.7 Å². The Morgan fingerprint density at radius 3 is 2.60 bits per heavy atom. The molecule has 0 amide bonds. The van der Waals surface area contributed by atoms with Crippen molar-refractivity contribution in [2.45, 2.75) is 39.4 Å². The first-order valence-electron chi connectivity index (χ1n) is 8.50. The van der Waals surface area contributed by atoms with E-state index >= 15 is 0 Å². The highest BCUT2D eigenvalue weighted by molar-refractivity contribution is 5.46. The van der Waals surface area contributed by atoms with Gasteiger partial charge in [0, 0.05) is 12.6 Å². The van der Waals surface area contributed by atoms with Crippen molar-refractivity contribution in [3.8, 4) is 5.75 Å². The van der Waals surface area contributed by atoms with Crippen LogP contribution in [0.5, 0.6) is 5.75 Å². The number of nitrogens with zero attached hydrogens (tertiary/aromatic N) is 2. The van der Waals surface area contributed by atoms with Gasteiger partial charge < -0.3 is 10.1 Å². The second-order valence-electron chi connectivity index (χ2n) is 6.36. The number of aromatic amines is 1. The third-order valence-electron chi connectivity index (χ3n) is 4.82. The van der Waals surface area contributed by atoms with Crippen LogP contribution in [0.3, 0.4) is 0 Å². The summed E-state index contributed by atoms with van der Waals surface area (Å²) in [6.07, 6.45) is 1.00. The van der Waals surface area contributed by atoms with Crippen LogP contribution in [-0.2, 0) is 13.1 Å². The number of fused-ring (bicyclic) bond motifs is 1. The number of benzene rings is 1. The number of ether oxygens (including phenoxy) is 1. The molecule has 1 aliphatic rings. The minimum Gasteiger partial charge on any atom is -0.497 e. The van der Waals surface area contributed by atoms with Crippen LogP contribution in [0, 0.1) is 0 Å². The number of nitrogens with one attached hydrogen (secondary N) is 2. The molecule has 0 saturated carbocycles. The summed E-state index contributed by atoms with van der Waals surface area (Å²) in [5, 5.41) is 3.27. The molecule has 0 spiro atoms. The van der Waals surface area contributed by atoms with Crippen molar-refractivity contribution >= 4 is 5.82 Å². The fraction of sp³-hybridized carbons (Fsp3) is 0.444. The van der Waals surface area contributed by atoms with Crippen LogP contribution >= 0.6 is 0 Å². The Morgan fingerprint density at radius 1 is 1.24 bits per heavy atom. The Balaban J connectivity index is 1.95. The predicted molar refractivity (Wildman–Crippen MR) is 97.2 cm³/mol. The molecule has 2 heterocycles. The van der Waals surface area contributed by atoms with Gasteiger partial charge in [0.25, 0.3) is 5.56 Å². The number of rotatable bonds is 5. The van der Waals surface area contributed by atoms with E-state index in [-0.39, 0.29) is 5.56 Å². The van der Waals surface area contributed by atoms with Gasteiger partial charge in [-0.15, -0.1) is 0 Å². The molecule has 3 rings (SSSR count). The van der Waals surface area contributed by atoms with Gasteiger partial charge in [0.15, 0.2) is 0 Å². The first-order valence-corrected chi connectivity index (χ1v) is 8.50. The fourth-order valence-corrected chi connectivity index (χ4v) is 3.03. The smallest absolute Gasteiger partial charge is 0.330 e. The lowest BCUT2D eigenvalue weighted by molar-refractivity contribution is 0.200. The summed E-state index contributed by atoms with van der Waals surface area (Å²) >= 11 is 0. The highest BCUT2D eigenvalue weighted by Gasteiger charge is 2.24. The molecular weight excluding hydrogens is 320 g/mol. The lowest BCUT2D eigenvalue weighted by atomic mass is 10.1. The molecular formula is C18H24N4O3. The van der Waals surface area contributed by atoms with Gasteiger partial charge in [-0.25, -0.2) is 4.79 Å². The molecule has 25 heavy (non-hydrogen) atoms. The number of aromatic nitrogens is 2. The molecule has 1 aromatic heterocycles. The summed E-state index contributed by atoms with van der Waals surface area (Å²) in [6.45, 7) is 5.80. The van der Waals surface area contributed by atoms with Crippen molar-refractivity contribution in [2.75, 3.05) is 19.1 Å². The standard InChI is InChI=1S/C18H24N4O3/c1-4-12(2)21-10-15-16(19-11-21)22(18(24)20-17(15)23)9-13-5-7-14(25-3)8-6-13/h5-8,12,19H,4,9-11H2,1-3H3,(H,20,23,24)/t12-/m1/s1. The SMILES string of the molecule is CC[C@@H](C)N1CNc2c(c(=O)[nH]c(=O)n2Cc2ccc(OC)cc2)C1. The number of methoxy groups -OCH3 is 1. The molecule has 2 aromatic rings. The number of anilines is 1. The van der Waals surface area contributed by atoms with Crippen LogP contribution in [0.15, 0.2) is 33.9 Å². The van der Waals surface area contributed by atoms with Gasteiger partial charge in [0.2, 0.25) is 0 Å². The van der Waals surface area contributed by atoms with Gasteiger partial charge in [0.1, 0.15) is 11.6 Å². The van der Waals surface area contributed by atoms with Gasteiger partial charge in [-0.3, -0.25) is 19.2 Å². The predicted octanol–water partition coefficient (Wildman–Crippen LogP) is 1.58. The molecule has 7 heteroatoms. The molecule has 0 radical (unpaired) electrons. The number of hydrogen-bond acceptors (Lipinski definition) is 5. The summed E-state index contributed by atoms with van der Waals surface area (Å²) in [6, 6.07) is 7.91. The zero-order valence-corrected chi connectivity index (χ0v) is 14.8. The summed E-state index contributed by atoms with van der Waals surface area (Å²) in [4.78, 5) is 29.3. The van der Waals surface area contributed by atoms with Crippen molar-refractivity contribution < 1.29 is 4.74 Å². The molecule has 1 atom stereocenters. The second-order valence-corrected chi connectivity index (χ2v) is 6.36. The summed E-state index contributed by atoms with van der Waals surface area (Å²) in [5.41, 5.74) is 0.860. The van der Waals surface area contributed by atoms with Gasteiger partial charge in [0.05, 0.1) is 25.9 Å². The third-order valence-corrected chi connectivity index (χ3v) is 4.82. The molecule has 0 aliphatic carbocycles. The normalized spacial score (nSPS) is 15.3. The van der Waals surface area contributed by atoms with Crippen LogP contribution in [0.1, 0.15) is 31.4 Å². The molecule has 2 N–H and O–H groups in total. The maximum Gasteiger partial charge on any atom is 0.330 e. The molecule has 1 aromatic carbocycles. The Kier molecular flexibility index (Phi) is 4.94. The van der Waals surface area contributed by atoms with Gasteiger partial charge >= 0.3 is 5.69 Å². The van der Waals surface area contributed by atoms with Crippen LogP contribution < -0.4 is 21.3 Å². The van der Waals surface area contributed by atoms with E-state index in [1.807, 2.05) is 24.3 Å². The maximum atomic E-state index is 12.3. The maximum absolute atomic E-state index is 12.3. The van der Waals surface area contributed by atoms with Crippen molar-refractivity contribution in [3.05, 3.63) is 56.2 Å². The van der Waals surface area contributed by atoms with Crippen LogP contribution in [0.2, 0.25) is 0 Å². The Bertz CT molecular complexity index is 854. The van der Waals surface area contributed by atoms with Gasteiger partial charge in [-0.05, 0) is 31.0 Å².